The SMILES string of the molecule is CC(=O)O[C@@H]1C(C)=C[C@@H]2[C@H](C(C)CN3CCN(c4c(Cl)cncc4Cl)CC3)CC[C@@H](C)[C@]2(O)[C@H]1OC(=O)[C@@H]1C[C@@]2(O)c3cccc(Cl)c3N(C)O[C@H]2N1. The third kappa shape index (κ3) is 6.81. The van der Waals surface area contributed by atoms with Gasteiger partial charge in [-0.25, -0.2) is 0 Å². The summed E-state index contributed by atoms with van der Waals surface area (Å²) in [5.74, 6) is -1.62. The van der Waals surface area contributed by atoms with E-state index in [9.17, 15) is 19.8 Å². The van der Waals surface area contributed by atoms with Gasteiger partial charge in [0.2, 0.25) is 0 Å². The molecule has 0 radical (unpaired) electrons. The van der Waals surface area contributed by atoms with Crippen LogP contribution in [0, 0.1) is 23.7 Å². The van der Waals surface area contributed by atoms with Gasteiger partial charge in [0.05, 0.1) is 26.4 Å². The number of nitrogens with zero attached hydrogens (tertiary/aromatic N) is 4. The van der Waals surface area contributed by atoms with Gasteiger partial charge in [0, 0.05) is 77.0 Å². The maximum atomic E-state index is 14.2. The Balaban J connectivity index is 1.10. The zero-order valence-corrected chi connectivity index (χ0v) is 32.9. The number of carbonyl (C=O) groups is 2. The quantitative estimate of drug-likeness (QED) is 0.259. The molecule has 7 rings (SSSR count). The van der Waals surface area contributed by atoms with Crippen LogP contribution in [0.5, 0.6) is 0 Å². The zero-order chi connectivity index (χ0) is 38.0. The molecule has 10 atom stereocenters. The summed E-state index contributed by atoms with van der Waals surface area (Å²) in [5, 5.41) is 30.9. The molecule has 3 fully saturated rings. The van der Waals surface area contributed by atoms with Gasteiger partial charge in [-0.15, -0.1) is 0 Å². The molecule has 2 aromatic rings. The predicted molar refractivity (Wildman–Crippen MR) is 202 cm³/mol. The second kappa shape index (κ2) is 14.8. The van der Waals surface area contributed by atoms with Gasteiger partial charge in [0.1, 0.15) is 17.2 Å². The fourth-order valence-electron chi connectivity index (χ4n) is 9.56. The van der Waals surface area contributed by atoms with E-state index in [1.54, 1.807) is 37.6 Å². The lowest BCUT2D eigenvalue weighted by molar-refractivity contribution is -0.225. The Morgan fingerprint density at radius 3 is 2.43 bits per heavy atom. The molecule has 0 bridgehead atoms. The maximum absolute atomic E-state index is 14.2. The number of ether oxygens (including phenoxy) is 2. The van der Waals surface area contributed by atoms with Gasteiger partial charge in [-0.2, -0.15) is 0 Å². The normalized spacial score (nSPS) is 34.8. The van der Waals surface area contributed by atoms with Crippen molar-refractivity contribution in [1.82, 2.24) is 15.2 Å². The highest BCUT2D eigenvalue weighted by molar-refractivity contribution is 6.39. The van der Waals surface area contributed by atoms with Crippen molar-refractivity contribution in [3.05, 3.63) is 62.9 Å². The summed E-state index contributed by atoms with van der Waals surface area (Å²) >= 11 is 19.4. The van der Waals surface area contributed by atoms with Crippen LogP contribution in [0.4, 0.5) is 11.4 Å². The first kappa shape index (κ1) is 38.6. The Hall–Kier alpha value is -2.68. The number of piperazine rings is 1. The first-order valence-corrected chi connectivity index (χ1v) is 19.5. The standard InChI is InChI=1S/C38H48Cl3N5O7/c1-20-15-26-24(21(2)19-45-11-13-46(14-12-45)32-28(40)17-42-18-29(32)41)10-9-22(3)38(26,50)34(33(20)51-23(4)47)52-35(48)30-16-37(49)25-7-6-8-27(39)31(25)44(5)53-36(37)43-30/h6-8,15,17-18,21-22,24,26,30,33-34,36,43,49-50H,9-14,16,19H2,1-5H3/t21?,22-,24+,26-,30+,33-,34+,36-,37-,38-/m1/s1. The molecule has 4 heterocycles. The minimum absolute atomic E-state index is 0.0542. The van der Waals surface area contributed by atoms with E-state index in [1.165, 1.54) is 12.0 Å². The average Bonchev–Trinajstić information content (AvgIpc) is 3.45. The number of carbonyl (C=O) groups excluding carboxylic acids is 2. The van der Waals surface area contributed by atoms with E-state index in [0.717, 1.165) is 50.4 Å². The zero-order valence-electron chi connectivity index (χ0n) is 30.6. The molecule has 5 aliphatic rings. The van der Waals surface area contributed by atoms with Crippen LogP contribution in [0.15, 0.2) is 42.2 Å². The molecule has 53 heavy (non-hydrogen) atoms. The van der Waals surface area contributed by atoms with Crippen LogP contribution in [0.3, 0.4) is 0 Å². The van der Waals surface area contributed by atoms with Crippen molar-refractivity contribution in [3.63, 3.8) is 0 Å². The molecule has 1 aromatic carbocycles. The second-order valence-corrected chi connectivity index (χ2v) is 16.8. The number of hydrogen-bond acceptors (Lipinski definition) is 12. The van der Waals surface area contributed by atoms with Gasteiger partial charge in [-0.3, -0.25) is 34.7 Å². The van der Waals surface area contributed by atoms with Gasteiger partial charge < -0.3 is 24.6 Å². The average molecular weight is 793 g/mol. The smallest absolute Gasteiger partial charge is 0.323 e. The van der Waals surface area contributed by atoms with Crippen molar-refractivity contribution in [3.8, 4) is 0 Å². The topological polar surface area (TPSA) is 137 Å². The molecule has 0 amide bonds. The summed E-state index contributed by atoms with van der Waals surface area (Å²) in [6.07, 6.45) is 3.67. The molecule has 1 saturated carbocycles. The molecular formula is C38H48Cl3N5O7. The first-order chi connectivity index (χ1) is 25.1. The number of rotatable bonds is 7. The molecular weight excluding hydrogens is 745 g/mol. The number of halogens is 3. The first-order valence-electron chi connectivity index (χ1n) is 18.4. The van der Waals surface area contributed by atoms with Crippen LogP contribution in [-0.2, 0) is 29.5 Å². The van der Waals surface area contributed by atoms with E-state index in [1.807, 2.05) is 19.9 Å². The largest absolute Gasteiger partial charge is 0.454 e. The van der Waals surface area contributed by atoms with Crippen molar-refractivity contribution < 1.29 is 34.1 Å². The molecule has 0 spiro atoms. The number of fused-ring (bicyclic) bond motifs is 4. The van der Waals surface area contributed by atoms with Crippen LogP contribution in [0.2, 0.25) is 15.1 Å². The lowest BCUT2D eigenvalue weighted by atomic mass is 9.55. The Bertz CT molecular complexity index is 1760. The van der Waals surface area contributed by atoms with Crippen molar-refractivity contribution in [1.29, 1.82) is 0 Å². The van der Waals surface area contributed by atoms with Gasteiger partial charge >= 0.3 is 11.9 Å². The fourth-order valence-corrected chi connectivity index (χ4v) is 10.5. The highest BCUT2D eigenvalue weighted by atomic mass is 35.5. The lowest BCUT2D eigenvalue weighted by Crippen LogP contribution is -2.66. The lowest BCUT2D eigenvalue weighted by Gasteiger charge is -2.56. The number of nitrogens with one attached hydrogen (secondary N) is 1. The van der Waals surface area contributed by atoms with E-state index in [0.29, 0.717) is 32.7 Å². The Morgan fingerprint density at radius 1 is 1.06 bits per heavy atom. The Morgan fingerprint density at radius 2 is 1.75 bits per heavy atom. The third-order valence-corrected chi connectivity index (χ3v) is 13.1. The molecule has 2 saturated heterocycles. The van der Waals surface area contributed by atoms with Crippen LogP contribution in [0.25, 0.3) is 0 Å². The van der Waals surface area contributed by atoms with E-state index in [4.69, 9.17) is 49.1 Å². The summed E-state index contributed by atoms with van der Waals surface area (Å²) in [5.41, 5.74) is -0.525. The summed E-state index contributed by atoms with van der Waals surface area (Å²) < 4.78 is 12.1. The third-order valence-electron chi connectivity index (χ3n) is 12.3. The van der Waals surface area contributed by atoms with E-state index < -0.39 is 47.6 Å². The second-order valence-electron chi connectivity index (χ2n) is 15.5. The van der Waals surface area contributed by atoms with Crippen LogP contribution < -0.4 is 15.3 Å². The Kier molecular flexibility index (Phi) is 10.7. The fraction of sp³-hybridized carbons (Fsp3) is 0.605. The molecule has 15 heteroatoms. The van der Waals surface area contributed by atoms with Crippen molar-refractivity contribution in [2.75, 3.05) is 49.7 Å². The molecule has 288 valence electrons. The monoisotopic (exact) mass is 791 g/mol. The molecule has 12 nitrogen and oxygen atoms in total. The number of pyridine rings is 1. The number of hydrogen-bond donors (Lipinski definition) is 3. The summed E-state index contributed by atoms with van der Waals surface area (Å²) in [4.78, 5) is 41.3. The maximum Gasteiger partial charge on any atom is 0.323 e. The van der Waals surface area contributed by atoms with Crippen molar-refractivity contribution in [2.24, 2.45) is 23.7 Å². The van der Waals surface area contributed by atoms with Crippen LogP contribution >= 0.6 is 34.8 Å². The number of anilines is 2. The number of aromatic nitrogens is 1. The molecule has 1 aromatic heterocycles. The highest BCUT2D eigenvalue weighted by Crippen LogP contribution is 2.53. The summed E-state index contributed by atoms with van der Waals surface area (Å²) in [6.45, 7) is 11.3. The van der Waals surface area contributed by atoms with Crippen LogP contribution in [-0.4, -0.2) is 102 Å². The molecule has 3 aliphatic heterocycles. The van der Waals surface area contributed by atoms with E-state index in [2.05, 4.69) is 27.0 Å². The number of aliphatic hydroxyl groups is 2. The number of hydroxylamine groups is 1. The van der Waals surface area contributed by atoms with Gasteiger partial charge in [0.25, 0.3) is 0 Å². The van der Waals surface area contributed by atoms with Crippen molar-refractivity contribution in [2.45, 2.75) is 82.6 Å². The molecule has 2 aliphatic carbocycles. The van der Waals surface area contributed by atoms with Gasteiger partial charge in [0.15, 0.2) is 18.4 Å². The van der Waals surface area contributed by atoms with Gasteiger partial charge in [-0.1, -0.05) is 66.9 Å². The Labute approximate surface area is 325 Å². The summed E-state index contributed by atoms with van der Waals surface area (Å²) in [6, 6.07) is 4.23. The highest BCUT2D eigenvalue weighted by Gasteiger charge is 2.62. The number of benzene rings is 1. The number of para-hydroxylation sites is 1. The van der Waals surface area contributed by atoms with Gasteiger partial charge in [-0.05, 0) is 49.2 Å². The predicted octanol–water partition coefficient (Wildman–Crippen LogP) is 4.95. The minimum atomic E-state index is -1.57. The molecule has 1 unspecified atom stereocenters. The van der Waals surface area contributed by atoms with Crippen molar-refractivity contribution >= 4 is 58.1 Å². The minimum Gasteiger partial charge on any atom is -0.454 e. The van der Waals surface area contributed by atoms with E-state index in [-0.39, 0.29) is 30.1 Å². The van der Waals surface area contributed by atoms with E-state index >= 15 is 0 Å². The van der Waals surface area contributed by atoms with Crippen LogP contribution in [0.1, 0.15) is 52.5 Å². The molecule has 3 N–H and O–H groups in total. The summed E-state index contributed by atoms with van der Waals surface area (Å²) in [7, 11) is 1.69. The number of esters is 2.